The molecule has 2 aromatic carbocycles. The number of rotatable bonds is 4. The normalized spacial score (nSPS) is 10.1. The van der Waals surface area contributed by atoms with Crippen LogP contribution in [0.4, 0.5) is 5.69 Å². The van der Waals surface area contributed by atoms with Crippen LogP contribution >= 0.6 is 11.6 Å². The minimum absolute atomic E-state index is 0.452. The molecule has 2 rings (SSSR count). The van der Waals surface area contributed by atoms with E-state index >= 15 is 0 Å². The zero-order valence-corrected chi connectivity index (χ0v) is 10.8. The van der Waals surface area contributed by atoms with E-state index in [1.165, 1.54) is 0 Å². The molecule has 3 nitrogen and oxygen atoms in total. The molecule has 0 aliphatic carbocycles. The number of ether oxygens (including phenoxy) is 2. The number of anilines is 1. The smallest absolute Gasteiger partial charge is 0.137 e. The highest BCUT2D eigenvalue weighted by Crippen LogP contribution is 2.25. The van der Waals surface area contributed by atoms with Crippen molar-refractivity contribution >= 4 is 17.3 Å². The third-order valence-electron chi connectivity index (χ3n) is 2.50. The highest BCUT2D eigenvalue weighted by Gasteiger charge is 2.02. The Kier molecular flexibility index (Phi) is 3.95. The number of methoxy groups -OCH3 is 1. The standard InChI is InChI=1S/C14H14ClNO2/c1-17-14-7-2-10(8-13(14)15)9-18-12-5-3-11(16)4-6-12/h2-8H,9,16H2,1H3. The van der Waals surface area contributed by atoms with E-state index in [0.29, 0.717) is 17.4 Å². The second kappa shape index (κ2) is 5.65. The third kappa shape index (κ3) is 3.08. The fraction of sp³-hybridized carbons (Fsp3) is 0.143. The van der Waals surface area contributed by atoms with Crippen LogP contribution in [-0.4, -0.2) is 7.11 Å². The maximum Gasteiger partial charge on any atom is 0.137 e. The van der Waals surface area contributed by atoms with E-state index in [2.05, 4.69) is 0 Å². The van der Waals surface area contributed by atoms with E-state index in [1.54, 1.807) is 19.2 Å². The molecular weight excluding hydrogens is 250 g/mol. The molecule has 4 heteroatoms. The Morgan fingerprint density at radius 1 is 1.11 bits per heavy atom. The minimum atomic E-state index is 0.452. The molecule has 0 heterocycles. The molecule has 0 aliphatic rings. The van der Waals surface area contributed by atoms with Gasteiger partial charge in [0.05, 0.1) is 12.1 Å². The monoisotopic (exact) mass is 263 g/mol. The summed E-state index contributed by atoms with van der Waals surface area (Å²) in [4.78, 5) is 0. The van der Waals surface area contributed by atoms with Gasteiger partial charge in [-0.1, -0.05) is 17.7 Å². The van der Waals surface area contributed by atoms with E-state index in [4.69, 9.17) is 26.8 Å². The van der Waals surface area contributed by atoms with Gasteiger partial charge in [0, 0.05) is 5.69 Å². The summed E-state index contributed by atoms with van der Waals surface area (Å²) in [5, 5.41) is 0.580. The van der Waals surface area contributed by atoms with Gasteiger partial charge in [0.2, 0.25) is 0 Å². The summed E-state index contributed by atoms with van der Waals surface area (Å²) < 4.78 is 10.7. The van der Waals surface area contributed by atoms with Crippen molar-refractivity contribution in [3.8, 4) is 11.5 Å². The molecule has 18 heavy (non-hydrogen) atoms. The third-order valence-corrected chi connectivity index (χ3v) is 2.80. The number of halogens is 1. The lowest BCUT2D eigenvalue weighted by Gasteiger charge is -2.08. The van der Waals surface area contributed by atoms with Gasteiger partial charge >= 0.3 is 0 Å². The molecule has 0 aliphatic heterocycles. The first kappa shape index (κ1) is 12.6. The zero-order valence-electron chi connectivity index (χ0n) is 10.0. The van der Waals surface area contributed by atoms with Crippen molar-refractivity contribution in [3.05, 3.63) is 53.1 Å². The first-order chi connectivity index (χ1) is 8.69. The SMILES string of the molecule is COc1ccc(COc2ccc(N)cc2)cc1Cl. The van der Waals surface area contributed by atoms with Gasteiger partial charge in [-0.25, -0.2) is 0 Å². The Balaban J connectivity index is 2.02. The number of hydrogen-bond donors (Lipinski definition) is 1. The van der Waals surface area contributed by atoms with Crippen LogP contribution in [0.2, 0.25) is 5.02 Å². The number of hydrogen-bond acceptors (Lipinski definition) is 3. The quantitative estimate of drug-likeness (QED) is 0.859. The second-order valence-electron chi connectivity index (χ2n) is 3.83. The van der Waals surface area contributed by atoms with Crippen molar-refractivity contribution in [2.75, 3.05) is 12.8 Å². The van der Waals surface area contributed by atoms with Gasteiger partial charge in [-0.2, -0.15) is 0 Å². The van der Waals surface area contributed by atoms with Crippen molar-refractivity contribution in [2.24, 2.45) is 0 Å². The van der Waals surface area contributed by atoms with Crippen LogP contribution in [0, 0.1) is 0 Å². The molecular formula is C14H14ClNO2. The molecule has 0 unspecified atom stereocenters. The Morgan fingerprint density at radius 3 is 2.44 bits per heavy atom. The van der Waals surface area contributed by atoms with Crippen molar-refractivity contribution in [3.63, 3.8) is 0 Å². The molecule has 0 aromatic heterocycles. The highest BCUT2D eigenvalue weighted by molar-refractivity contribution is 6.32. The summed E-state index contributed by atoms with van der Waals surface area (Å²) in [6.07, 6.45) is 0. The summed E-state index contributed by atoms with van der Waals surface area (Å²) in [7, 11) is 1.59. The van der Waals surface area contributed by atoms with Gasteiger partial charge in [0.1, 0.15) is 18.1 Å². The Morgan fingerprint density at radius 2 is 1.83 bits per heavy atom. The van der Waals surface area contributed by atoms with Gasteiger partial charge < -0.3 is 15.2 Å². The average Bonchev–Trinajstić information content (AvgIpc) is 2.38. The predicted octanol–water partition coefficient (Wildman–Crippen LogP) is 3.51. The van der Waals surface area contributed by atoms with Crippen LogP contribution in [0.15, 0.2) is 42.5 Å². The Hall–Kier alpha value is -1.87. The number of benzene rings is 2. The summed E-state index contributed by atoms with van der Waals surface area (Å²) in [6.45, 7) is 0.452. The Labute approximate surface area is 111 Å². The summed E-state index contributed by atoms with van der Waals surface area (Å²) in [6, 6.07) is 12.8. The topological polar surface area (TPSA) is 44.5 Å². The van der Waals surface area contributed by atoms with E-state index in [-0.39, 0.29) is 0 Å². The van der Waals surface area contributed by atoms with E-state index in [9.17, 15) is 0 Å². The van der Waals surface area contributed by atoms with Gasteiger partial charge in [0.25, 0.3) is 0 Å². The van der Waals surface area contributed by atoms with E-state index in [1.807, 2.05) is 30.3 Å². The Bertz CT molecular complexity index is 526. The molecule has 0 saturated heterocycles. The summed E-state index contributed by atoms with van der Waals surface area (Å²) in [5.74, 6) is 1.43. The van der Waals surface area contributed by atoms with Crippen LogP contribution in [0.3, 0.4) is 0 Å². The van der Waals surface area contributed by atoms with Gasteiger partial charge in [-0.3, -0.25) is 0 Å². The maximum absolute atomic E-state index is 6.03. The van der Waals surface area contributed by atoms with Crippen molar-refractivity contribution in [1.82, 2.24) is 0 Å². The number of nitrogens with two attached hydrogens (primary N) is 1. The molecule has 0 atom stereocenters. The van der Waals surface area contributed by atoms with Crippen molar-refractivity contribution < 1.29 is 9.47 Å². The molecule has 0 spiro atoms. The molecule has 2 aromatic rings. The van der Waals surface area contributed by atoms with Gasteiger partial charge in [0.15, 0.2) is 0 Å². The van der Waals surface area contributed by atoms with Crippen LogP contribution in [-0.2, 0) is 6.61 Å². The van der Waals surface area contributed by atoms with Gasteiger partial charge in [-0.15, -0.1) is 0 Å². The first-order valence-corrected chi connectivity index (χ1v) is 5.87. The fourth-order valence-corrected chi connectivity index (χ4v) is 1.81. The van der Waals surface area contributed by atoms with Crippen LogP contribution in [0.25, 0.3) is 0 Å². The van der Waals surface area contributed by atoms with Crippen molar-refractivity contribution in [1.29, 1.82) is 0 Å². The lowest BCUT2D eigenvalue weighted by atomic mass is 10.2. The fourth-order valence-electron chi connectivity index (χ4n) is 1.53. The molecule has 0 saturated carbocycles. The maximum atomic E-state index is 6.03. The van der Waals surface area contributed by atoms with Crippen LogP contribution < -0.4 is 15.2 Å². The van der Waals surface area contributed by atoms with Crippen LogP contribution in [0.1, 0.15) is 5.56 Å². The van der Waals surface area contributed by atoms with E-state index < -0.39 is 0 Å². The van der Waals surface area contributed by atoms with E-state index in [0.717, 1.165) is 17.0 Å². The molecule has 0 bridgehead atoms. The van der Waals surface area contributed by atoms with Crippen molar-refractivity contribution in [2.45, 2.75) is 6.61 Å². The zero-order chi connectivity index (χ0) is 13.0. The highest BCUT2D eigenvalue weighted by atomic mass is 35.5. The molecule has 2 N–H and O–H groups in total. The lowest BCUT2D eigenvalue weighted by molar-refractivity contribution is 0.306. The molecule has 94 valence electrons. The van der Waals surface area contributed by atoms with Gasteiger partial charge in [-0.05, 0) is 42.0 Å². The summed E-state index contributed by atoms with van der Waals surface area (Å²) >= 11 is 6.03. The second-order valence-corrected chi connectivity index (χ2v) is 4.23. The largest absolute Gasteiger partial charge is 0.495 e. The molecule has 0 fully saturated rings. The molecule has 0 amide bonds. The molecule has 0 radical (unpaired) electrons. The lowest BCUT2D eigenvalue weighted by Crippen LogP contribution is -1.96. The summed E-state index contributed by atoms with van der Waals surface area (Å²) in [5.41, 5.74) is 7.30. The number of nitrogen functional groups attached to an aromatic ring is 1. The van der Waals surface area contributed by atoms with Crippen LogP contribution in [0.5, 0.6) is 11.5 Å². The predicted molar refractivity (Wildman–Crippen MR) is 73.2 cm³/mol. The average molecular weight is 264 g/mol. The minimum Gasteiger partial charge on any atom is -0.495 e. The first-order valence-electron chi connectivity index (χ1n) is 5.50.